The highest BCUT2D eigenvalue weighted by molar-refractivity contribution is 7.99. The van der Waals surface area contributed by atoms with Gasteiger partial charge >= 0.3 is 0 Å². The number of thiophene rings is 1. The van der Waals surface area contributed by atoms with Gasteiger partial charge in [0.1, 0.15) is 11.5 Å². The summed E-state index contributed by atoms with van der Waals surface area (Å²) in [5.74, 6) is 2.04. The second-order valence-corrected chi connectivity index (χ2v) is 24.3. The highest BCUT2D eigenvalue weighted by atomic mass is 32.2. The summed E-state index contributed by atoms with van der Waals surface area (Å²) in [6.07, 6.45) is 2.00. The molecule has 0 amide bonds. The Labute approximate surface area is 522 Å². The molecule has 5 heterocycles. The SMILES string of the molecule is c1ccc(Nc2ccccc2)cc1.c1ccc2c(c1)Cc1ccc3c(sc4ccccc43)c1O2.c1ccc2c(c1)Cc1ccccc1N2.c1ccc2c(c1)Nc1ccccc1C21c2ccccc2-c2ccccc21.c1ccc2c(c1)Nc1ccccc1S2. The topological polar surface area (TPSA) is 57.4 Å². The number of para-hydroxylation sites is 9. The predicted octanol–water partition coefficient (Wildman–Crippen LogP) is 22.5. The van der Waals surface area contributed by atoms with Gasteiger partial charge in [0.2, 0.25) is 0 Å². The normalized spacial score (nSPS) is 12.9. The van der Waals surface area contributed by atoms with Gasteiger partial charge in [0, 0.05) is 77.8 Å². The van der Waals surface area contributed by atoms with Crippen molar-refractivity contribution in [3.63, 3.8) is 0 Å². The van der Waals surface area contributed by atoms with Crippen LogP contribution >= 0.6 is 23.1 Å². The van der Waals surface area contributed by atoms with Gasteiger partial charge in [-0.1, -0.05) is 242 Å². The van der Waals surface area contributed by atoms with Gasteiger partial charge in [-0.2, -0.15) is 0 Å². The van der Waals surface area contributed by atoms with Crippen LogP contribution in [0, 0.1) is 0 Å². The van der Waals surface area contributed by atoms with Gasteiger partial charge in [-0.15, -0.1) is 11.3 Å². The van der Waals surface area contributed by atoms with Crippen molar-refractivity contribution in [3.05, 3.63) is 360 Å². The summed E-state index contributed by atoms with van der Waals surface area (Å²) in [5.41, 5.74) is 22.7. The first-order valence-corrected chi connectivity index (χ1v) is 31.5. The number of anilines is 8. The summed E-state index contributed by atoms with van der Waals surface area (Å²) in [6.45, 7) is 0. The van der Waals surface area contributed by atoms with Gasteiger partial charge in [-0.25, -0.2) is 0 Å². The zero-order valence-corrected chi connectivity index (χ0v) is 49.8. The van der Waals surface area contributed by atoms with Gasteiger partial charge in [0.05, 0.1) is 21.5 Å². The van der Waals surface area contributed by atoms with Crippen LogP contribution in [-0.2, 0) is 18.3 Å². The number of ether oxygens (including phenoxy) is 1. The predicted molar refractivity (Wildman–Crippen MR) is 371 cm³/mol. The first-order valence-electron chi connectivity index (χ1n) is 29.9. The molecule has 88 heavy (non-hydrogen) atoms. The fraction of sp³-hybridized carbons (Fsp3) is 0.0370. The van der Waals surface area contributed by atoms with Crippen LogP contribution in [0.15, 0.2) is 325 Å². The molecule has 0 bridgehead atoms. The smallest absolute Gasteiger partial charge is 0.148 e. The second-order valence-electron chi connectivity index (χ2n) is 22.2. The lowest BCUT2D eigenvalue weighted by atomic mass is 9.65. The Bertz CT molecular complexity index is 4450. The van der Waals surface area contributed by atoms with Crippen molar-refractivity contribution < 1.29 is 4.74 Å². The third kappa shape index (κ3) is 10.4. The fourth-order valence-corrected chi connectivity index (χ4v) is 15.0. The minimum Gasteiger partial charge on any atom is -0.455 e. The average molecular weight is 1170 g/mol. The molecule has 0 fully saturated rings. The number of hydrogen-bond acceptors (Lipinski definition) is 7. The third-order valence-corrected chi connectivity index (χ3v) is 19.2. The van der Waals surface area contributed by atoms with Crippen molar-refractivity contribution in [2.75, 3.05) is 21.3 Å². The Morgan fingerprint density at radius 3 is 1.33 bits per heavy atom. The van der Waals surface area contributed by atoms with E-state index in [0.29, 0.717) is 0 Å². The van der Waals surface area contributed by atoms with Crippen molar-refractivity contribution >= 4 is 88.8 Å². The van der Waals surface area contributed by atoms with Crippen molar-refractivity contribution in [3.8, 4) is 22.6 Å². The molecule has 19 rings (SSSR count). The van der Waals surface area contributed by atoms with E-state index < -0.39 is 0 Å². The molecule has 1 spiro atoms. The van der Waals surface area contributed by atoms with Crippen molar-refractivity contribution in [1.29, 1.82) is 0 Å². The molecule has 0 radical (unpaired) electrons. The third-order valence-electron chi connectivity index (χ3n) is 16.8. The average Bonchev–Trinajstić information content (AvgIpc) is 1.51. The molecule has 14 aromatic rings. The van der Waals surface area contributed by atoms with E-state index in [-0.39, 0.29) is 5.41 Å². The van der Waals surface area contributed by atoms with Crippen LogP contribution < -0.4 is 26.0 Å². The summed E-state index contributed by atoms with van der Waals surface area (Å²) in [6, 6.07) is 111. The first kappa shape index (κ1) is 54.1. The molecular formula is C81H60N4OS2. The standard InChI is InChI=1S/C25H17N.C19H12OS.C13H11N.C12H9NS.C12H11N/c1-3-11-19-17(9-1)18-10-2-4-12-20(18)25(19)21-13-5-7-15-23(21)26-24-16-8-6-14-22(24)25;1-3-7-16-12(5-1)11-13-9-10-15-14-6-2-4-8-17(14)21-19(15)18(13)20-16;1-3-7-12-10(5-1)9-11-6-2-4-8-13(11)14-12;1-3-7-11-9(5-1)13-10-6-2-4-8-12(10)14-11;1-3-7-11(8-4-1)13-12-9-5-2-6-10-12/h1-16,26H;1-10H,11H2;1-8,14H,9H2;1-8,13H;1-10,13H. The lowest BCUT2D eigenvalue weighted by Crippen LogP contribution is -2.33. The number of rotatable bonds is 2. The lowest BCUT2D eigenvalue weighted by Gasteiger charge is -2.40. The number of benzene rings is 13. The highest BCUT2D eigenvalue weighted by Gasteiger charge is 2.49. The minimum atomic E-state index is -0.258. The molecule has 7 heteroatoms. The van der Waals surface area contributed by atoms with Gasteiger partial charge in [-0.3, -0.25) is 0 Å². The van der Waals surface area contributed by atoms with E-state index in [1.54, 1.807) is 0 Å². The molecule has 0 saturated carbocycles. The minimum absolute atomic E-state index is 0.258. The number of fused-ring (bicyclic) bond motifs is 19. The van der Waals surface area contributed by atoms with Gasteiger partial charge in [0.15, 0.2) is 0 Å². The maximum atomic E-state index is 6.23. The molecular weight excluding hydrogens is 1110 g/mol. The maximum Gasteiger partial charge on any atom is 0.148 e. The Kier molecular flexibility index (Phi) is 14.8. The van der Waals surface area contributed by atoms with Crippen LogP contribution in [0.4, 0.5) is 45.5 Å². The summed E-state index contributed by atoms with van der Waals surface area (Å²) in [4.78, 5) is 2.59. The molecule has 4 aliphatic heterocycles. The summed E-state index contributed by atoms with van der Waals surface area (Å²) >= 11 is 3.65. The van der Waals surface area contributed by atoms with Crippen LogP contribution in [-0.4, -0.2) is 0 Å². The number of nitrogens with one attached hydrogen (secondary N) is 4. The summed E-state index contributed by atoms with van der Waals surface area (Å²) in [5, 5.41) is 16.4. The zero-order chi connectivity index (χ0) is 58.6. The molecule has 4 N–H and O–H groups in total. The molecule has 1 aromatic heterocycles. The summed E-state index contributed by atoms with van der Waals surface area (Å²) < 4.78 is 8.82. The monoisotopic (exact) mass is 1170 g/mol. The Morgan fingerprint density at radius 1 is 0.318 bits per heavy atom. The quantitative estimate of drug-likeness (QED) is 0.138. The van der Waals surface area contributed by atoms with Crippen LogP contribution in [0.3, 0.4) is 0 Å². The Hall–Kier alpha value is -10.6. The van der Waals surface area contributed by atoms with Gasteiger partial charge < -0.3 is 26.0 Å². The lowest BCUT2D eigenvalue weighted by molar-refractivity contribution is 0.466. The molecule has 0 unspecified atom stereocenters. The highest BCUT2D eigenvalue weighted by Crippen LogP contribution is 2.61. The van der Waals surface area contributed by atoms with E-state index in [0.717, 1.165) is 35.7 Å². The van der Waals surface area contributed by atoms with Crippen molar-refractivity contribution in [1.82, 2.24) is 0 Å². The van der Waals surface area contributed by atoms with Crippen LogP contribution in [0.1, 0.15) is 44.5 Å². The van der Waals surface area contributed by atoms with E-state index in [1.165, 1.54) is 120 Å². The molecule has 0 saturated heterocycles. The molecule has 0 atom stereocenters. The number of hydrogen-bond donors (Lipinski definition) is 4. The van der Waals surface area contributed by atoms with Crippen molar-refractivity contribution in [2.45, 2.75) is 28.0 Å². The van der Waals surface area contributed by atoms with Crippen LogP contribution in [0.5, 0.6) is 11.5 Å². The summed E-state index contributed by atoms with van der Waals surface area (Å²) in [7, 11) is 0. The molecule has 5 aliphatic rings. The van der Waals surface area contributed by atoms with Crippen LogP contribution in [0.25, 0.3) is 31.3 Å². The van der Waals surface area contributed by atoms with E-state index in [2.05, 4.69) is 270 Å². The van der Waals surface area contributed by atoms with Crippen molar-refractivity contribution in [2.24, 2.45) is 0 Å². The van der Waals surface area contributed by atoms with Gasteiger partial charge in [0.25, 0.3) is 0 Å². The second kappa shape index (κ2) is 24.1. The van der Waals surface area contributed by atoms with Crippen LogP contribution in [0.2, 0.25) is 0 Å². The molecule has 1 aliphatic carbocycles. The maximum absolute atomic E-state index is 6.23. The largest absolute Gasteiger partial charge is 0.455 e. The Balaban J connectivity index is 0.0000000951. The Morgan fingerprint density at radius 2 is 0.739 bits per heavy atom. The fourth-order valence-electron chi connectivity index (χ4n) is 12.8. The molecule has 5 nitrogen and oxygen atoms in total. The molecule has 13 aromatic carbocycles. The van der Waals surface area contributed by atoms with E-state index >= 15 is 0 Å². The molecule has 422 valence electrons. The van der Waals surface area contributed by atoms with E-state index in [9.17, 15) is 0 Å². The van der Waals surface area contributed by atoms with Gasteiger partial charge in [-0.05, 0) is 135 Å². The van der Waals surface area contributed by atoms with E-state index in [4.69, 9.17) is 4.74 Å². The zero-order valence-electron chi connectivity index (χ0n) is 48.2. The van der Waals surface area contributed by atoms with E-state index in [1.807, 2.05) is 89.8 Å². The first-order chi connectivity index (χ1) is 43.6.